The SMILES string of the molecule is O=C1N(c2ccc(Br)cc2)C[C@@H]2CNCCN12. The van der Waals surface area contributed by atoms with Gasteiger partial charge in [0.15, 0.2) is 0 Å². The van der Waals surface area contributed by atoms with Crippen molar-refractivity contribution in [1.29, 1.82) is 0 Å². The summed E-state index contributed by atoms with van der Waals surface area (Å²) in [5.41, 5.74) is 0.979. The highest BCUT2D eigenvalue weighted by molar-refractivity contribution is 9.10. The molecule has 2 heterocycles. The van der Waals surface area contributed by atoms with E-state index in [-0.39, 0.29) is 6.03 Å². The van der Waals surface area contributed by atoms with Crippen molar-refractivity contribution in [1.82, 2.24) is 10.2 Å². The molecule has 0 spiro atoms. The van der Waals surface area contributed by atoms with E-state index < -0.39 is 0 Å². The van der Waals surface area contributed by atoms with Gasteiger partial charge in [0.1, 0.15) is 0 Å². The summed E-state index contributed by atoms with van der Waals surface area (Å²) < 4.78 is 1.03. The van der Waals surface area contributed by atoms with E-state index in [2.05, 4.69) is 21.2 Å². The first-order chi connectivity index (χ1) is 8.25. The number of urea groups is 1. The topological polar surface area (TPSA) is 35.6 Å². The van der Waals surface area contributed by atoms with Crippen LogP contribution in [-0.2, 0) is 0 Å². The first-order valence-corrected chi connectivity index (χ1v) is 6.59. The van der Waals surface area contributed by atoms with E-state index in [0.717, 1.165) is 36.3 Å². The summed E-state index contributed by atoms with van der Waals surface area (Å²) in [5.74, 6) is 0. The predicted molar refractivity (Wildman–Crippen MR) is 70.2 cm³/mol. The van der Waals surface area contributed by atoms with Crippen molar-refractivity contribution in [3.63, 3.8) is 0 Å². The number of nitrogens with zero attached hydrogens (tertiary/aromatic N) is 2. The van der Waals surface area contributed by atoms with E-state index >= 15 is 0 Å². The van der Waals surface area contributed by atoms with E-state index in [1.165, 1.54) is 0 Å². The number of rotatable bonds is 1. The van der Waals surface area contributed by atoms with Crippen molar-refractivity contribution in [2.24, 2.45) is 0 Å². The minimum absolute atomic E-state index is 0.138. The van der Waals surface area contributed by atoms with Crippen molar-refractivity contribution in [3.8, 4) is 0 Å². The molecule has 2 saturated heterocycles. The van der Waals surface area contributed by atoms with Crippen LogP contribution in [-0.4, -0.2) is 43.2 Å². The van der Waals surface area contributed by atoms with E-state index in [9.17, 15) is 4.79 Å². The highest BCUT2D eigenvalue weighted by Crippen LogP contribution is 2.25. The molecule has 17 heavy (non-hydrogen) atoms. The quantitative estimate of drug-likeness (QED) is 0.855. The third-order valence-electron chi connectivity index (χ3n) is 3.36. The molecule has 1 aromatic carbocycles. The highest BCUT2D eigenvalue weighted by atomic mass is 79.9. The van der Waals surface area contributed by atoms with Crippen LogP contribution in [0.3, 0.4) is 0 Å². The second kappa shape index (κ2) is 4.31. The minimum atomic E-state index is 0.138. The average Bonchev–Trinajstić information content (AvgIpc) is 2.69. The summed E-state index contributed by atoms with van der Waals surface area (Å²) in [6.07, 6.45) is 0. The number of hydrogen-bond donors (Lipinski definition) is 1. The number of nitrogens with one attached hydrogen (secondary N) is 1. The van der Waals surface area contributed by atoms with E-state index in [0.29, 0.717) is 6.04 Å². The molecule has 0 unspecified atom stereocenters. The van der Waals surface area contributed by atoms with Crippen LogP contribution in [0.2, 0.25) is 0 Å². The number of fused-ring (bicyclic) bond motifs is 1. The molecule has 90 valence electrons. The number of benzene rings is 1. The number of carbonyl (C=O) groups is 1. The van der Waals surface area contributed by atoms with E-state index in [4.69, 9.17) is 0 Å². The summed E-state index contributed by atoms with van der Waals surface area (Å²) in [4.78, 5) is 16.1. The van der Waals surface area contributed by atoms with Crippen LogP contribution in [0.5, 0.6) is 0 Å². The number of hydrogen-bond acceptors (Lipinski definition) is 2. The Morgan fingerprint density at radius 1 is 1.29 bits per heavy atom. The van der Waals surface area contributed by atoms with Crippen LogP contribution in [0.15, 0.2) is 28.7 Å². The summed E-state index contributed by atoms with van der Waals surface area (Å²) in [6, 6.07) is 8.36. The molecular formula is C12H14BrN3O. The molecule has 0 bridgehead atoms. The van der Waals surface area contributed by atoms with Crippen molar-refractivity contribution in [3.05, 3.63) is 28.7 Å². The maximum atomic E-state index is 12.2. The molecular weight excluding hydrogens is 282 g/mol. The maximum absolute atomic E-state index is 12.2. The normalized spacial score (nSPS) is 24.1. The van der Waals surface area contributed by atoms with Crippen molar-refractivity contribution in [2.45, 2.75) is 6.04 Å². The van der Waals surface area contributed by atoms with Crippen molar-refractivity contribution >= 4 is 27.6 Å². The highest BCUT2D eigenvalue weighted by Gasteiger charge is 2.38. The van der Waals surface area contributed by atoms with Crippen LogP contribution < -0.4 is 10.2 Å². The lowest BCUT2D eigenvalue weighted by Gasteiger charge is -2.28. The second-order valence-electron chi connectivity index (χ2n) is 4.42. The van der Waals surface area contributed by atoms with Gasteiger partial charge in [-0.3, -0.25) is 4.90 Å². The molecule has 0 aromatic heterocycles. The third-order valence-corrected chi connectivity index (χ3v) is 3.89. The van der Waals surface area contributed by atoms with Crippen LogP contribution in [0.25, 0.3) is 0 Å². The predicted octanol–water partition coefficient (Wildman–Crippen LogP) is 1.66. The number of anilines is 1. The van der Waals surface area contributed by atoms with Crippen molar-refractivity contribution in [2.75, 3.05) is 31.1 Å². The number of carbonyl (C=O) groups excluding carboxylic acids is 1. The Morgan fingerprint density at radius 2 is 2.06 bits per heavy atom. The zero-order valence-corrected chi connectivity index (χ0v) is 11.0. The van der Waals surface area contributed by atoms with Gasteiger partial charge in [-0.2, -0.15) is 0 Å². The number of amides is 2. The lowest BCUT2D eigenvalue weighted by Crippen LogP contribution is -2.49. The molecule has 5 heteroatoms. The molecule has 1 aromatic rings. The fourth-order valence-corrected chi connectivity index (χ4v) is 2.72. The largest absolute Gasteiger partial charge is 0.324 e. The molecule has 0 aliphatic carbocycles. The zero-order valence-electron chi connectivity index (χ0n) is 9.40. The van der Waals surface area contributed by atoms with Gasteiger partial charge < -0.3 is 10.2 Å². The Kier molecular flexibility index (Phi) is 2.80. The lowest BCUT2D eigenvalue weighted by molar-refractivity contribution is 0.193. The Labute approximate surface area is 109 Å². The Morgan fingerprint density at radius 3 is 2.76 bits per heavy atom. The molecule has 1 N–H and O–H groups in total. The fourth-order valence-electron chi connectivity index (χ4n) is 2.46. The average molecular weight is 296 g/mol. The summed E-state index contributed by atoms with van der Waals surface area (Å²) >= 11 is 3.41. The van der Waals surface area contributed by atoms with Gasteiger partial charge in [-0.05, 0) is 24.3 Å². The van der Waals surface area contributed by atoms with Crippen LogP contribution in [0.4, 0.5) is 10.5 Å². The smallest absolute Gasteiger partial charge is 0.317 e. The van der Waals surface area contributed by atoms with E-state index in [1.54, 1.807) is 0 Å². The molecule has 2 aliphatic heterocycles. The van der Waals surface area contributed by atoms with Gasteiger partial charge in [0, 0.05) is 36.3 Å². The van der Waals surface area contributed by atoms with Gasteiger partial charge in [-0.25, -0.2) is 4.79 Å². The monoisotopic (exact) mass is 295 g/mol. The lowest BCUT2D eigenvalue weighted by atomic mass is 10.2. The summed E-state index contributed by atoms with van der Waals surface area (Å²) in [7, 11) is 0. The summed E-state index contributed by atoms with van der Waals surface area (Å²) in [5, 5.41) is 3.33. The first-order valence-electron chi connectivity index (χ1n) is 5.80. The van der Waals surface area contributed by atoms with Crippen LogP contribution in [0.1, 0.15) is 0 Å². The van der Waals surface area contributed by atoms with Gasteiger partial charge in [0.05, 0.1) is 6.04 Å². The number of halogens is 1. The Balaban J connectivity index is 1.85. The van der Waals surface area contributed by atoms with Gasteiger partial charge in [-0.15, -0.1) is 0 Å². The third kappa shape index (κ3) is 1.93. The molecule has 2 fully saturated rings. The Hall–Kier alpha value is -1.07. The molecule has 2 amide bonds. The molecule has 2 aliphatic rings. The zero-order chi connectivity index (χ0) is 11.8. The standard InChI is InChI=1S/C12H14BrN3O/c13-9-1-3-10(4-2-9)16-8-11-7-14-5-6-15(11)12(16)17/h1-4,11,14H,5-8H2/t11-/m0/s1. The molecule has 4 nitrogen and oxygen atoms in total. The van der Waals surface area contributed by atoms with Crippen LogP contribution >= 0.6 is 15.9 Å². The molecule has 3 rings (SSSR count). The van der Waals surface area contributed by atoms with Gasteiger partial charge in [0.25, 0.3) is 0 Å². The maximum Gasteiger partial charge on any atom is 0.324 e. The van der Waals surface area contributed by atoms with Gasteiger partial charge in [-0.1, -0.05) is 15.9 Å². The summed E-state index contributed by atoms with van der Waals surface area (Å²) in [6.45, 7) is 3.40. The van der Waals surface area contributed by atoms with Crippen LogP contribution in [0, 0.1) is 0 Å². The molecule has 0 radical (unpaired) electrons. The van der Waals surface area contributed by atoms with Gasteiger partial charge in [0.2, 0.25) is 0 Å². The molecule has 0 saturated carbocycles. The van der Waals surface area contributed by atoms with E-state index in [1.807, 2.05) is 34.1 Å². The fraction of sp³-hybridized carbons (Fsp3) is 0.417. The first kappa shape index (κ1) is 11.0. The number of piperazine rings is 1. The van der Waals surface area contributed by atoms with Crippen molar-refractivity contribution < 1.29 is 4.79 Å². The molecule has 1 atom stereocenters. The van der Waals surface area contributed by atoms with Gasteiger partial charge >= 0.3 is 6.03 Å². The minimum Gasteiger partial charge on any atom is -0.317 e. The Bertz CT molecular complexity index is 434. The second-order valence-corrected chi connectivity index (χ2v) is 5.34.